The third-order valence-electron chi connectivity index (χ3n) is 5.48. The third-order valence-corrected chi connectivity index (χ3v) is 5.89. The minimum Gasteiger partial charge on any atom is -0.493 e. The Morgan fingerprint density at radius 3 is 2.52 bits per heavy atom. The molecule has 1 amide bonds. The van der Waals surface area contributed by atoms with Crippen molar-refractivity contribution in [1.29, 1.82) is 0 Å². The van der Waals surface area contributed by atoms with E-state index in [1.165, 1.54) is 12.1 Å². The molecule has 0 bridgehead atoms. The molecule has 2 aromatic rings. The molecule has 0 unspecified atom stereocenters. The molecule has 8 heteroatoms. The molecule has 0 aromatic heterocycles. The second kappa shape index (κ2) is 10.4. The number of hydrogen-bond donors (Lipinski definition) is 2. The molecule has 2 N–H and O–H groups in total. The number of nitrogens with one attached hydrogen (secondary N) is 2. The number of ether oxygens (including phenoxy) is 2. The molecule has 1 heterocycles. The molecule has 6 nitrogen and oxygen atoms in total. The van der Waals surface area contributed by atoms with Crippen LogP contribution in [0.1, 0.15) is 24.0 Å². The molecule has 2 aromatic carbocycles. The summed E-state index contributed by atoms with van der Waals surface area (Å²) in [7, 11) is 3.19. The summed E-state index contributed by atoms with van der Waals surface area (Å²) in [5, 5.41) is 6.79. The standard InChI is InChI=1S/C23H28FN3O3S/c1-4-25-23(31)27-13-18(17-6-5-7-20(29-2)21(17)30-3)19(14-27)22(28)26-12-15-8-10-16(24)11-9-15/h5-11,18-19H,4,12-14H2,1-3H3,(H,25,31)(H,26,28)/t18-,19-/m0/s1. The number of benzene rings is 2. The van der Waals surface area contributed by atoms with E-state index >= 15 is 0 Å². The zero-order valence-electron chi connectivity index (χ0n) is 18.0. The van der Waals surface area contributed by atoms with Crippen LogP contribution in [0.15, 0.2) is 42.5 Å². The Labute approximate surface area is 187 Å². The van der Waals surface area contributed by atoms with E-state index in [0.717, 1.165) is 11.1 Å². The number of rotatable bonds is 7. The Morgan fingerprint density at radius 1 is 1.13 bits per heavy atom. The first kappa shape index (κ1) is 22.8. The van der Waals surface area contributed by atoms with Gasteiger partial charge in [-0.25, -0.2) is 4.39 Å². The molecule has 1 aliphatic rings. The van der Waals surface area contributed by atoms with Crippen LogP contribution in [0.3, 0.4) is 0 Å². The summed E-state index contributed by atoms with van der Waals surface area (Å²) in [5.74, 6) is 0.401. The molecule has 1 aliphatic heterocycles. The number of amides is 1. The number of carbonyl (C=O) groups excluding carboxylic acids is 1. The van der Waals surface area contributed by atoms with Crippen LogP contribution < -0.4 is 20.1 Å². The number of halogens is 1. The van der Waals surface area contributed by atoms with Crippen molar-refractivity contribution in [2.75, 3.05) is 33.9 Å². The molecular weight excluding hydrogens is 417 g/mol. The Morgan fingerprint density at radius 2 is 1.87 bits per heavy atom. The summed E-state index contributed by atoms with van der Waals surface area (Å²) in [6, 6.07) is 11.8. The van der Waals surface area contributed by atoms with E-state index in [2.05, 4.69) is 10.6 Å². The highest BCUT2D eigenvalue weighted by molar-refractivity contribution is 7.80. The van der Waals surface area contributed by atoms with Crippen LogP contribution in [-0.2, 0) is 11.3 Å². The van der Waals surface area contributed by atoms with Crippen LogP contribution in [-0.4, -0.2) is 49.8 Å². The topological polar surface area (TPSA) is 62.8 Å². The van der Waals surface area contributed by atoms with Gasteiger partial charge in [-0.05, 0) is 42.9 Å². The fraction of sp³-hybridized carbons (Fsp3) is 0.391. The highest BCUT2D eigenvalue weighted by Gasteiger charge is 2.41. The van der Waals surface area contributed by atoms with Crippen LogP contribution in [0.5, 0.6) is 11.5 Å². The average Bonchev–Trinajstić information content (AvgIpc) is 3.23. The van der Waals surface area contributed by atoms with Gasteiger partial charge in [0.05, 0.1) is 20.1 Å². The molecule has 0 radical (unpaired) electrons. The molecule has 1 saturated heterocycles. The monoisotopic (exact) mass is 445 g/mol. The first-order chi connectivity index (χ1) is 15.0. The van der Waals surface area contributed by atoms with Gasteiger partial charge in [0.15, 0.2) is 16.6 Å². The molecule has 0 spiro atoms. The van der Waals surface area contributed by atoms with Gasteiger partial charge in [-0.3, -0.25) is 4.79 Å². The lowest BCUT2D eigenvalue weighted by molar-refractivity contribution is -0.125. The summed E-state index contributed by atoms with van der Waals surface area (Å²) in [6.07, 6.45) is 0. The number of para-hydroxylation sites is 1. The number of methoxy groups -OCH3 is 2. The van der Waals surface area contributed by atoms with Crippen molar-refractivity contribution in [3.05, 3.63) is 59.4 Å². The maximum atomic E-state index is 13.2. The Kier molecular flexibility index (Phi) is 7.68. The highest BCUT2D eigenvalue weighted by atomic mass is 32.1. The van der Waals surface area contributed by atoms with Gasteiger partial charge in [-0.2, -0.15) is 0 Å². The summed E-state index contributed by atoms with van der Waals surface area (Å²) in [4.78, 5) is 15.2. The van der Waals surface area contributed by atoms with Crippen molar-refractivity contribution < 1.29 is 18.7 Å². The van der Waals surface area contributed by atoms with E-state index in [1.54, 1.807) is 26.4 Å². The number of nitrogens with zero attached hydrogens (tertiary/aromatic N) is 1. The van der Waals surface area contributed by atoms with Crippen LogP contribution in [0.25, 0.3) is 0 Å². The lowest BCUT2D eigenvalue weighted by Gasteiger charge is -2.22. The minimum absolute atomic E-state index is 0.0824. The smallest absolute Gasteiger partial charge is 0.225 e. The number of hydrogen-bond acceptors (Lipinski definition) is 4. The quantitative estimate of drug-likeness (QED) is 0.639. The van der Waals surface area contributed by atoms with E-state index in [4.69, 9.17) is 21.7 Å². The predicted molar refractivity (Wildman–Crippen MR) is 122 cm³/mol. The van der Waals surface area contributed by atoms with Crippen molar-refractivity contribution >= 4 is 23.2 Å². The van der Waals surface area contributed by atoms with Crippen molar-refractivity contribution in [1.82, 2.24) is 15.5 Å². The van der Waals surface area contributed by atoms with Gasteiger partial charge in [-0.15, -0.1) is 0 Å². The molecule has 2 atom stereocenters. The zero-order chi connectivity index (χ0) is 22.4. The average molecular weight is 446 g/mol. The zero-order valence-corrected chi connectivity index (χ0v) is 18.8. The molecule has 3 rings (SSSR count). The Balaban J connectivity index is 1.85. The van der Waals surface area contributed by atoms with Crippen molar-refractivity contribution in [2.45, 2.75) is 19.4 Å². The van der Waals surface area contributed by atoms with Crippen LogP contribution in [0, 0.1) is 11.7 Å². The van der Waals surface area contributed by atoms with Crippen molar-refractivity contribution in [3.63, 3.8) is 0 Å². The highest BCUT2D eigenvalue weighted by Crippen LogP contribution is 2.42. The molecular formula is C23H28FN3O3S. The molecule has 0 saturated carbocycles. The largest absolute Gasteiger partial charge is 0.493 e. The van der Waals surface area contributed by atoms with Crippen molar-refractivity contribution in [3.8, 4) is 11.5 Å². The maximum absolute atomic E-state index is 13.2. The number of likely N-dealkylation sites (tertiary alicyclic amines) is 1. The predicted octanol–water partition coefficient (Wildman–Crippen LogP) is 3.07. The fourth-order valence-corrected chi connectivity index (χ4v) is 4.23. The second-order valence-electron chi connectivity index (χ2n) is 7.38. The van der Waals surface area contributed by atoms with Gasteiger partial charge in [0, 0.05) is 37.7 Å². The van der Waals surface area contributed by atoms with Crippen LogP contribution in [0.4, 0.5) is 4.39 Å². The van der Waals surface area contributed by atoms with Gasteiger partial charge in [-0.1, -0.05) is 24.3 Å². The number of thiocarbonyl (C=S) groups is 1. The molecule has 166 valence electrons. The Bertz CT molecular complexity index is 923. The van der Waals surface area contributed by atoms with E-state index in [0.29, 0.717) is 42.8 Å². The summed E-state index contributed by atoms with van der Waals surface area (Å²) in [5.41, 5.74) is 1.74. The summed E-state index contributed by atoms with van der Waals surface area (Å²) < 4.78 is 24.2. The van der Waals surface area contributed by atoms with E-state index in [9.17, 15) is 9.18 Å². The van der Waals surface area contributed by atoms with Gasteiger partial charge in [0.2, 0.25) is 5.91 Å². The summed E-state index contributed by atoms with van der Waals surface area (Å²) >= 11 is 5.51. The second-order valence-corrected chi connectivity index (χ2v) is 7.77. The summed E-state index contributed by atoms with van der Waals surface area (Å²) in [6.45, 7) is 4.10. The maximum Gasteiger partial charge on any atom is 0.225 e. The normalized spacial score (nSPS) is 17.9. The van der Waals surface area contributed by atoms with Crippen LogP contribution >= 0.6 is 12.2 Å². The molecule has 0 aliphatic carbocycles. The minimum atomic E-state index is -0.335. The van der Waals surface area contributed by atoms with Crippen LogP contribution in [0.2, 0.25) is 0 Å². The first-order valence-electron chi connectivity index (χ1n) is 10.2. The van der Waals surface area contributed by atoms with Gasteiger partial charge >= 0.3 is 0 Å². The van der Waals surface area contributed by atoms with E-state index in [-0.39, 0.29) is 23.6 Å². The molecule has 1 fully saturated rings. The Hall–Kier alpha value is -2.87. The lowest BCUT2D eigenvalue weighted by atomic mass is 9.87. The van der Waals surface area contributed by atoms with Gasteiger partial charge in [0.25, 0.3) is 0 Å². The third kappa shape index (κ3) is 5.25. The van der Waals surface area contributed by atoms with E-state index < -0.39 is 0 Å². The lowest BCUT2D eigenvalue weighted by Crippen LogP contribution is -2.39. The van der Waals surface area contributed by atoms with E-state index in [1.807, 2.05) is 30.0 Å². The van der Waals surface area contributed by atoms with Gasteiger partial charge in [0.1, 0.15) is 5.82 Å². The fourth-order valence-electron chi connectivity index (χ4n) is 3.94. The first-order valence-corrected chi connectivity index (χ1v) is 10.6. The molecule has 31 heavy (non-hydrogen) atoms. The number of carbonyl (C=O) groups is 1. The van der Waals surface area contributed by atoms with Crippen molar-refractivity contribution in [2.24, 2.45) is 5.92 Å². The van der Waals surface area contributed by atoms with Gasteiger partial charge < -0.3 is 25.0 Å². The SMILES string of the molecule is CCNC(=S)N1C[C@H](C(=O)NCc2ccc(F)cc2)[C@H](c2cccc(OC)c2OC)C1.